The fraction of sp³-hybridized carbons (Fsp3) is 0.278. The van der Waals surface area contributed by atoms with Gasteiger partial charge in [0.2, 0.25) is 5.91 Å². The molecule has 9 heteroatoms. The zero-order valence-corrected chi connectivity index (χ0v) is 15.4. The fourth-order valence-corrected chi connectivity index (χ4v) is 4.33. The Morgan fingerprint density at radius 2 is 1.96 bits per heavy atom. The van der Waals surface area contributed by atoms with Gasteiger partial charge in [-0.25, -0.2) is 4.79 Å². The van der Waals surface area contributed by atoms with Crippen molar-refractivity contribution >= 4 is 35.5 Å². The number of benzene rings is 1. The lowest BCUT2D eigenvalue weighted by atomic mass is 10.0. The molecule has 3 rings (SSSR count). The molecule has 2 aliphatic rings. The molecule has 8 nitrogen and oxygen atoms in total. The van der Waals surface area contributed by atoms with Gasteiger partial charge in [-0.3, -0.25) is 19.3 Å². The Morgan fingerprint density at radius 3 is 2.56 bits per heavy atom. The van der Waals surface area contributed by atoms with E-state index in [1.807, 2.05) is 6.07 Å². The van der Waals surface area contributed by atoms with E-state index in [1.165, 1.54) is 30.1 Å². The monoisotopic (exact) mass is 389 g/mol. The molecule has 1 aromatic rings. The summed E-state index contributed by atoms with van der Waals surface area (Å²) in [7, 11) is 1.51. The van der Waals surface area contributed by atoms with Crippen molar-refractivity contribution in [3.05, 3.63) is 53.8 Å². The number of carbonyl (C=O) groups excluding carboxylic acids is 3. The van der Waals surface area contributed by atoms with E-state index in [9.17, 15) is 24.3 Å². The number of esters is 1. The number of β-lactam (4-membered cyclic amide) rings is 1. The normalized spacial score (nSPS) is 21.3. The summed E-state index contributed by atoms with van der Waals surface area (Å²) in [5.74, 6) is -2.83. The Bertz CT molecular complexity index is 838. The summed E-state index contributed by atoms with van der Waals surface area (Å²) in [6.45, 7) is 1.16. The number of hydrogen-bond donors (Lipinski definition) is 1. The lowest BCUT2D eigenvalue weighted by Crippen LogP contribution is -2.70. The molecule has 2 atom stereocenters. The van der Waals surface area contributed by atoms with E-state index < -0.39 is 29.3 Å². The Labute approximate surface area is 159 Å². The highest BCUT2D eigenvalue weighted by Gasteiger charge is 2.56. The van der Waals surface area contributed by atoms with Crippen molar-refractivity contribution in [2.75, 3.05) is 12.8 Å². The lowest BCUT2D eigenvalue weighted by molar-refractivity contribution is -0.158. The lowest BCUT2D eigenvalue weighted by Gasteiger charge is -2.51. The molecule has 1 saturated heterocycles. The van der Waals surface area contributed by atoms with Gasteiger partial charge in [0.1, 0.15) is 17.2 Å². The van der Waals surface area contributed by atoms with Crippen LogP contribution in [0.4, 0.5) is 0 Å². The first-order valence-corrected chi connectivity index (χ1v) is 9.12. The number of fused-ring (bicyclic) bond motifs is 1. The molecule has 2 amide bonds. The van der Waals surface area contributed by atoms with E-state index in [-0.39, 0.29) is 23.1 Å². The molecule has 27 heavy (non-hydrogen) atoms. The van der Waals surface area contributed by atoms with Gasteiger partial charge in [-0.2, -0.15) is 0 Å². The molecule has 0 saturated carbocycles. The minimum atomic E-state index is -1.35. The van der Waals surface area contributed by atoms with Gasteiger partial charge >= 0.3 is 11.9 Å². The molecule has 1 radical (unpaired) electrons. The largest absolute Gasteiger partial charge is 0.476 e. The van der Waals surface area contributed by atoms with Crippen molar-refractivity contribution in [2.45, 2.75) is 18.3 Å². The molecule has 141 valence electrons. The highest BCUT2D eigenvalue weighted by atomic mass is 32.2. The number of hydrogen-bond acceptors (Lipinski definition) is 6. The topological polar surface area (TPSA) is 104 Å². The second kappa shape index (κ2) is 7.43. The number of thioether (sulfide) groups is 1. The van der Waals surface area contributed by atoms with Crippen LogP contribution in [0.15, 0.2) is 41.8 Å². The van der Waals surface area contributed by atoms with E-state index in [1.54, 1.807) is 24.3 Å². The molecular formula is C18H17N2O6S. The number of nitrogens with zero attached hydrogens (tertiary/aromatic N) is 2. The molecule has 0 aliphatic carbocycles. The van der Waals surface area contributed by atoms with Gasteiger partial charge in [-0.05, 0) is 5.56 Å². The highest BCUT2D eigenvalue weighted by Crippen LogP contribution is 2.42. The van der Waals surface area contributed by atoms with Gasteiger partial charge in [0.15, 0.2) is 5.70 Å². The van der Waals surface area contributed by atoms with Crippen LogP contribution in [-0.4, -0.2) is 62.9 Å². The third-order valence-corrected chi connectivity index (χ3v) is 5.47. The van der Waals surface area contributed by atoms with Crippen LogP contribution in [0.25, 0.3) is 0 Å². The first-order chi connectivity index (χ1) is 12.8. The number of ether oxygens (including phenoxy) is 1. The van der Waals surface area contributed by atoms with Crippen LogP contribution < -0.4 is 0 Å². The highest BCUT2D eigenvalue weighted by molar-refractivity contribution is 8.00. The van der Waals surface area contributed by atoms with Crippen LogP contribution in [0.5, 0.6) is 0 Å². The molecule has 0 spiro atoms. The summed E-state index contributed by atoms with van der Waals surface area (Å²) in [4.78, 5) is 50.3. The van der Waals surface area contributed by atoms with Gasteiger partial charge in [0.05, 0.1) is 12.2 Å². The van der Waals surface area contributed by atoms with E-state index in [2.05, 4.69) is 0 Å². The fourth-order valence-electron chi connectivity index (χ4n) is 2.98. The maximum atomic E-state index is 12.6. The van der Waals surface area contributed by atoms with E-state index in [0.29, 0.717) is 5.56 Å². The predicted molar refractivity (Wildman–Crippen MR) is 95.9 cm³/mol. The summed E-state index contributed by atoms with van der Waals surface area (Å²) >= 11 is 1.25. The first kappa shape index (κ1) is 19.0. The minimum absolute atomic E-state index is 0.0622. The van der Waals surface area contributed by atoms with Gasteiger partial charge < -0.3 is 14.7 Å². The maximum absolute atomic E-state index is 12.6. The number of carboxylic acid groups (broad SMARTS) is 1. The van der Waals surface area contributed by atoms with Crippen molar-refractivity contribution in [1.82, 2.24) is 9.80 Å². The molecule has 2 aliphatic heterocycles. The van der Waals surface area contributed by atoms with E-state index in [4.69, 9.17) is 4.74 Å². The summed E-state index contributed by atoms with van der Waals surface area (Å²) in [5, 5.41) is 8.91. The molecule has 1 aromatic carbocycles. The van der Waals surface area contributed by atoms with Crippen molar-refractivity contribution in [3.8, 4) is 0 Å². The van der Waals surface area contributed by atoms with Gasteiger partial charge in [-0.1, -0.05) is 30.3 Å². The van der Waals surface area contributed by atoms with Crippen molar-refractivity contribution < 1.29 is 29.0 Å². The van der Waals surface area contributed by atoms with E-state index >= 15 is 0 Å². The second-order valence-corrected chi connectivity index (χ2v) is 7.13. The van der Waals surface area contributed by atoms with Gasteiger partial charge in [-0.15, -0.1) is 11.8 Å². The number of carbonyl (C=O) groups is 4. The van der Waals surface area contributed by atoms with Crippen LogP contribution in [0.1, 0.15) is 12.5 Å². The van der Waals surface area contributed by atoms with Gasteiger partial charge in [0, 0.05) is 14.0 Å². The summed E-state index contributed by atoms with van der Waals surface area (Å²) in [5.41, 5.74) is 0.362. The van der Waals surface area contributed by atoms with Crippen LogP contribution in [0.2, 0.25) is 0 Å². The number of carboxylic acids is 1. The summed E-state index contributed by atoms with van der Waals surface area (Å²) < 4.78 is 4.95. The second-order valence-electron chi connectivity index (χ2n) is 6.03. The predicted octanol–water partition coefficient (Wildman–Crippen LogP) is 0.840. The standard InChI is InChI=1S/C18H17N2O6S/c1-10(21)26-12-9-27-17-15(16(23)20(17)14(12)18(24)25)19(2)13(22)8-11-6-4-3-5-7-11/h3-8,15,17H,9H2,1-2H3,(H,24,25)/t15?,17-/m0/s1. The Hall–Kier alpha value is -2.81. The number of aliphatic carboxylic acids is 1. The third kappa shape index (κ3) is 3.55. The smallest absolute Gasteiger partial charge is 0.356 e. The SMILES string of the molecule is CC(=O)OC1=C(C(=O)O)N2C(=O)C(N(C)C(=O)[CH]c3ccccc3)[C@@H]2SC1. The first-order valence-electron chi connectivity index (χ1n) is 8.07. The molecule has 0 aromatic heterocycles. The van der Waals surface area contributed by atoms with Crippen molar-refractivity contribution in [1.29, 1.82) is 0 Å². The van der Waals surface area contributed by atoms with Gasteiger partial charge in [0.25, 0.3) is 5.91 Å². The van der Waals surface area contributed by atoms with Crippen LogP contribution >= 0.6 is 11.8 Å². The molecule has 2 heterocycles. The Kier molecular flexibility index (Phi) is 5.22. The van der Waals surface area contributed by atoms with Crippen molar-refractivity contribution in [2.24, 2.45) is 0 Å². The Morgan fingerprint density at radius 1 is 1.30 bits per heavy atom. The van der Waals surface area contributed by atoms with Crippen LogP contribution in [-0.2, 0) is 23.9 Å². The Balaban J connectivity index is 1.77. The summed E-state index contributed by atoms with van der Waals surface area (Å²) in [6, 6.07) is 8.19. The molecule has 1 fully saturated rings. The average Bonchev–Trinajstić information content (AvgIpc) is 2.61. The van der Waals surface area contributed by atoms with Crippen LogP contribution in [0, 0.1) is 6.42 Å². The number of rotatable bonds is 5. The quantitative estimate of drug-likeness (QED) is 0.588. The molecule has 1 unspecified atom stereocenters. The zero-order valence-electron chi connectivity index (χ0n) is 14.6. The zero-order chi connectivity index (χ0) is 19.7. The number of likely N-dealkylation sites (N-methyl/N-ethyl adjacent to an activating group) is 1. The minimum Gasteiger partial charge on any atom is -0.476 e. The summed E-state index contributed by atoms with van der Waals surface area (Å²) in [6.07, 6.45) is 1.42. The van der Waals surface area contributed by atoms with Crippen LogP contribution in [0.3, 0.4) is 0 Å². The molecule has 1 N–H and O–H groups in total. The third-order valence-electron chi connectivity index (χ3n) is 4.23. The average molecular weight is 389 g/mol. The van der Waals surface area contributed by atoms with Crippen molar-refractivity contribution in [3.63, 3.8) is 0 Å². The number of amides is 2. The van der Waals surface area contributed by atoms with E-state index in [0.717, 1.165) is 11.8 Å². The molecule has 0 bridgehead atoms. The molecular weight excluding hydrogens is 372 g/mol. The maximum Gasteiger partial charge on any atom is 0.356 e.